The number of hydrogen-bond donors (Lipinski definition) is 0. The van der Waals surface area contributed by atoms with Crippen molar-refractivity contribution in [3.63, 3.8) is 0 Å². The van der Waals surface area contributed by atoms with Gasteiger partial charge in [-0.1, -0.05) is 22.9 Å². The molecule has 4 rings (SSSR count). The number of ketones is 1. The number of benzene rings is 2. The third kappa shape index (κ3) is 2.63. The van der Waals surface area contributed by atoms with Gasteiger partial charge in [-0.2, -0.15) is 10.1 Å². The molecule has 10 heteroatoms. The Bertz CT molecular complexity index is 1260. The highest BCUT2D eigenvalue weighted by Crippen LogP contribution is 2.22. The molecule has 0 unspecified atom stereocenters. The maximum absolute atomic E-state index is 12.6. The Morgan fingerprint density at radius 1 is 1.19 bits per heavy atom. The van der Waals surface area contributed by atoms with Crippen LogP contribution >= 0.6 is 22.9 Å². The van der Waals surface area contributed by atoms with Crippen molar-refractivity contribution in [2.75, 3.05) is 0 Å². The molecule has 0 aliphatic carbocycles. The normalized spacial score (nSPS) is 11.1. The molecule has 0 bridgehead atoms. The smallest absolute Gasteiger partial charge is 0.281 e. The summed E-state index contributed by atoms with van der Waals surface area (Å²) in [5.74, 6) is -0.418. The first-order valence-corrected chi connectivity index (χ1v) is 8.42. The summed E-state index contributed by atoms with van der Waals surface area (Å²) in [6.45, 7) is 0. The lowest BCUT2D eigenvalue weighted by Crippen LogP contribution is -2.09. The minimum Gasteiger partial charge on any atom is -0.286 e. The molecule has 0 atom stereocenters. The van der Waals surface area contributed by atoms with Gasteiger partial charge in [0.1, 0.15) is 0 Å². The molecule has 0 saturated heterocycles. The summed E-state index contributed by atoms with van der Waals surface area (Å²) in [4.78, 5) is 39.1. The Kier molecular flexibility index (Phi) is 3.74. The lowest BCUT2D eigenvalue weighted by atomic mass is 10.1. The standard InChI is InChI=1S/C16H7ClN4O4S/c17-9-3-6-11-12(7-9)20-16(18-14(11)23)26-15(19-20)13(22)8-1-4-10(5-2-8)21(24)25/h1-7H. The predicted octanol–water partition coefficient (Wildman–Crippen LogP) is 3.10. The highest BCUT2D eigenvalue weighted by Gasteiger charge is 2.18. The quantitative estimate of drug-likeness (QED) is 0.304. The molecule has 0 amide bonds. The van der Waals surface area contributed by atoms with Gasteiger partial charge in [-0.3, -0.25) is 19.7 Å². The van der Waals surface area contributed by atoms with Crippen molar-refractivity contribution in [2.24, 2.45) is 0 Å². The highest BCUT2D eigenvalue weighted by molar-refractivity contribution is 7.18. The number of fused-ring (bicyclic) bond motifs is 3. The van der Waals surface area contributed by atoms with E-state index >= 15 is 0 Å². The maximum Gasteiger partial charge on any atom is 0.281 e. The zero-order valence-corrected chi connectivity index (χ0v) is 14.3. The Morgan fingerprint density at radius 3 is 2.62 bits per heavy atom. The zero-order valence-electron chi connectivity index (χ0n) is 12.7. The molecule has 0 aliphatic rings. The van der Waals surface area contributed by atoms with Crippen LogP contribution in [0.3, 0.4) is 0 Å². The maximum atomic E-state index is 12.6. The molecule has 2 aromatic heterocycles. The van der Waals surface area contributed by atoms with Gasteiger partial charge >= 0.3 is 0 Å². The number of nitro groups is 1. The Hall–Kier alpha value is -3.17. The fourth-order valence-corrected chi connectivity index (χ4v) is 3.50. The van der Waals surface area contributed by atoms with Crippen molar-refractivity contribution in [3.05, 3.63) is 78.5 Å². The summed E-state index contributed by atoms with van der Waals surface area (Å²) in [5.41, 5.74) is 0.152. The van der Waals surface area contributed by atoms with E-state index in [-0.39, 0.29) is 21.2 Å². The number of non-ortho nitro benzene ring substituents is 1. The van der Waals surface area contributed by atoms with Crippen LogP contribution in [0.4, 0.5) is 5.69 Å². The summed E-state index contributed by atoms with van der Waals surface area (Å²) in [6, 6.07) is 9.92. The molecule has 26 heavy (non-hydrogen) atoms. The van der Waals surface area contributed by atoms with E-state index in [4.69, 9.17) is 11.6 Å². The molecule has 2 heterocycles. The van der Waals surface area contributed by atoms with Gasteiger partial charge in [0.15, 0.2) is 5.01 Å². The van der Waals surface area contributed by atoms with Gasteiger partial charge in [0.25, 0.3) is 11.2 Å². The minimum absolute atomic E-state index is 0.109. The Labute approximate surface area is 153 Å². The van der Waals surface area contributed by atoms with Gasteiger partial charge in [0, 0.05) is 22.7 Å². The molecule has 0 aliphatic heterocycles. The topological polar surface area (TPSA) is 107 Å². The van der Waals surface area contributed by atoms with Crippen molar-refractivity contribution in [2.45, 2.75) is 0 Å². The van der Waals surface area contributed by atoms with Gasteiger partial charge in [-0.15, -0.1) is 0 Å². The number of halogens is 1. The van der Waals surface area contributed by atoms with Crippen LogP contribution in [0.25, 0.3) is 15.9 Å². The summed E-state index contributed by atoms with van der Waals surface area (Å²) < 4.78 is 1.39. The molecule has 128 valence electrons. The second-order valence-corrected chi connectivity index (χ2v) is 6.71. The van der Waals surface area contributed by atoms with Crippen molar-refractivity contribution < 1.29 is 9.72 Å². The number of carbonyl (C=O) groups is 1. The number of nitro benzene ring substituents is 1. The summed E-state index contributed by atoms with van der Waals surface area (Å²) in [5, 5.41) is 15.8. The molecule has 0 fully saturated rings. The second kappa shape index (κ2) is 5.97. The monoisotopic (exact) mass is 386 g/mol. The van der Waals surface area contributed by atoms with Crippen molar-refractivity contribution in [1.82, 2.24) is 14.6 Å². The van der Waals surface area contributed by atoms with E-state index in [0.29, 0.717) is 15.9 Å². The molecule has 0 saturated carbocycles. The summed E-state index contributed by atoms with van der Waals surface area (Å²) in [6.07, 6.45) is 0. The first-order valence-electron chi connectivity index (χ1n) is 7.22. The molecular weight excluding hydrogens is 380 g/mol. The van der Waals surface area contributed by atoms with Gasteiger partial charge in [0.2, 0.25) is 10.7 Å². The molecule has 0 radical (unpaired) electrons. The lowest BCUT2D eigenvalue weighted by molar-refractivity contribution is -0.384. The number of hydrogen-bond acceptors (Lipinski definition) is 7. The van der Waals surface area contributed by atoms with Crippen LogP contribution in [0.2, 0.25) is 5.02 Å². The first-order chi connectivity index (χ1) is 12.4. The SMILES string of the molecule is O=C(c1ccc([N+](=O)[O-])cc1)c1nn2c(nc(=O)c3ccc(Cl)cc32)s1. The molecular formula is C16H7ClN4O4S. The third-order valence-corrected chi connectivity index (χ3v) is 4.85. The number of carbonyl (C=O) groups excluding carboxylic acids is 1. The largest absolute Gasteiger partial charge is 0.286 e. The number of nitrogens with zero attached hydrogens (tertiary/aromatic N) is 4. The fraction of sp³-hybridized carbons (Fsp3) is 0. The van der Waals surface area contributed by atoms with Crippen molar-refractivity contribution in [3.8, 4) is 0 Å². The molecule has 4 aromatic rings. The van der Waals surface area contributed by atoms with E-state index < -0.39 is 16.3 Å². The summed E-state index contributed by atoms with van der Waals surface area (Å²) in [7, 11) is 0. The van der Waals surface area contributed by atoms with Crippen LogP contribution in [0.15, 0.2) is 47.3 Å². The average Bonchev–Trinajstić information content (AvgIpc) is 3.05. The fourth-order valence-electron chi connectivity index (χ4n) is 2.47. The molecule has 2 aromatic carbocycles. The third-order valence-electron chi connectivity index (χ3n) is 3.71. The van der Waals surface area contributed by atoms with E-state index in [0.717, 1.165) is 11.3 Å². The second-order valence-electron chi connectivity index (χ2n) is 5.31. The van der Waals surface area contributed by atoms with Crippen molar-refractivity contribution >= 4 is 50.3 Å². The van der Waals surface area contributed by atoms with E-state index in [1.54, 1.807) is 18.2 Å². The minimum atomic E-state index is -0.544. The van der Waals surface area contributed by atoms with Crippen LogP contribution in [0, 0.1) is 10.1 Å². The predicted molar refractivity (Wildman–Crippen MR) is 96.2 cm³/mol. The van der Waals surface area contributed by atoms with Gasteiger partial charge < -0.3 is 0 Å². The van der Waals surface area contributed by atoms with Crippen LogP contribution < -0.4 is 5.56 Å². The van der Waals surface area contributed by atoms with E-state index in [1.165, 1.54) is 28.8 Å². The average molecular weight is 387 g/mol. The first kappa shape index (κ1) is 16.3. The number of aromatic nitrogens is 3. The Balaban J connectivity index is 1.85. The van der Waals surface area contributed by atoms with E-state index in [1.807, 2.05) is 0 Å². The Morgan fingerprint density at radius 2 is 1.92 bits per heavy atom. The lowest BCUT2D eigenvalue weighted by Gasteiger charge is -1.99. The van der Waals surface area contributed by atoms with Crippen LogP contribution in [0.1, 0.15) is 15.4 Å². The van der Waals surface area contributed by atoms with Gasteiger partial charge in [-0.25, -0.2) is 4.52 Å². The van der Waals surface area contributed by atoms with E-state index in [2.05, 4.69) is 10.1 Å². The zero-order chi connectivity index (χ0) is 18.4. The van der Waals surface area contributed by atoms with Gasteiger partial charge in [-0.05, 0) is 30.3 Å². The van der Waals surface area contributed by atoms with E-state index in [9.17, 15) is 19.7 Å². The van der Waals surface area contributed by atoms with Gasteiger partial charge in [0.05, 0.1) is 15.8 Å². The van der Waals surface area contributed by atoms with Crippen LogP contribution in [0.5, 0.6) is 0 Å². The molecule has 0 N–H and O–H groups in total. The highest BCUT2D eigenvalue weighted by atomic mass is 35.5. The summed E-state index contributed by atoms with van der Waals surface area (Å²) >= 11 is 6.95. The molecule has 0 spiro atoms. The van der Waals surface area contributed by atoms with Crippen molar-refractivity contribution in [1.29, 1.82) is 0 Å². The molecule has 8 nitrogen and oxygen atoms in total. The number of rotatable bonds is 3. The van der Waals surface area contributed by atoms with Crippen LogP contribution in [-0.4, -0.2) is 25.3 Å². The van der Waals surface area contributed by atoms with Crippen LogP contribution in [-0.2, 0) is 0 Å².